The zero-order chi connectivity index (χ0) is 19.6. The van der Waals surface area contributed by atoms with E-state index in [-0.39, 0.29) is 0 Å². The Hall–Kier alpha value is -0.930. The molecule has 0 aromatic rings. The minimum Gasteiger partial charge on any atom is -0.394 e. The van der Waals surface area contributed by atoms with Crippen molar-refractivity contribution in [1.82, 2.24) is 5.32 Å². The zero-order valence-corrected chi connectivity index (χ0v) is 14.0. The van der Waals surface area contributed by atoms with E-state index in [1.807, 2.05) is 0 Å². The second-order valence-corrected chi connectivity index (χ2v) is 6.26. The summed E-state index contributed by atoms with van der Waals surface area (Å²) in [4.78, 5) is 11.4. The first-order valence-corrected chi connectivity index (χ1v) is 8.06. The van der Waals surface area contributed by atoms with Gasteiger partial charge in [0.25, 0.3) is 0 Å². The van der Waals surface area contributed by atoms with E-state index in [2.05, 4.69) is 5.32 Å². The number of hydrogen-bond acceptors (Lipinski definition) is 11. The number of carbonyl (C=O) groups is 1. The molecular formula is C14H25NO11. The van der Waals surface area contributed by atoms with Crippen LogP contribution in [0.15, 0.2) is 0 Å². The van der Waals surface area contributed by atoms with Crippen LogP contribution in [0.25, 0.3) is 0 Å². The molecule has 152 valence electrons. The molecule has 12 heteroatoms. The van der Waals surface area contributed by atoms with Gasteiger partial charge in [-0.1, -0.05) is 0 Å². The lowest BCUT2D eigenvalue weighted by Gasteiger charge is -2.46. The fraction of sp³-hybridized carbons (Fsp3) is 0.929. The molecule has 2 heterocycles. The van der Waals surface area contributed by atoms with E-state index in [9.17, 15) is 40.5 Å². The van der Waals surface area contributed by atoms with Gasteiger partial charge in [-0.05, 0) is 0 Å². The fourth-order valence-electron chi connectivity index (χ4n) is 2.97. The average Bonchev–Trinajstić information content (AvgIpc) is 2.60. The number of rotatable bonds is 5. The van der Waals surface area contributed by atoms with Crippen LogP contribution in [0.1, 0.15) is 6.92 Å². The summed E-state index contributed by atoms with van der Waals surface area (Å²) in [6, 6.07) is -1.28. The Morgan fingerprint density at radius 3 is 2.04 bits per heavy atom. The van der Waals surface area contributed by atoms with E-state index in [0.717, 1.165) is 6.92 Å². The van der Waals surface area contributed by atoms with E-state index in [0.29, 0.717) is 0 Å². The van der Waals surface area contributed by atoms with Crippen molar-refractivity contribution in [3.05, 3.63) is 0 Å². The first kappa shape index (κ1) is 21.4. The first-order chi connectivity index (χ1) is 12.2. The Kier molecular flexibility index (Phi) is 7.27. The Bertz CT molecular complexity index is 478. The minimum absolute atomic E-state index is 0.574. The van der Waals surface area contributed by atoms with Gasteiger partial charge in [0.2, 0.25) is 5.91 Å². The van der Waals surface area contributed by atoms with Crippen molar-refractivity contribution >= 4 is 5.91 Å². The molecule has 2 saturated heterocycles. The second kappa shape index (κ2) is 8.84. The molecule has 0 radical (unpaired) electrons. The molecule has 0 bridgehead atoms. The third-order valence-electron chi connectivity index (χ3n) is 4.38. The van der Waals surface area contributed by atoms with Gasteiger partial charge in [0.15, 0.2) is 12.6 Å². The van der Waals surface area contributed by atoms with Crippen LogP contribution in [0, 0.1) is 0 Å². The molecule has 12 nitrogen and oxygen atoms in total. The molecule has 8 N–H and O–H groups in total. The predicted octanol–water partition coefficient (Wildman–Crippen LogP) is -5.25. The number of amides is 1. The van der Waals surface area contributed by atoms with Crippen LogP contribution in [0.5, 0.6) is 0 Å². The molecule has 0 spiro atoms. The van der Waals surface area contributed by atoms with Crippen LogP contribution in [-0.2, 0) is 19.0 Å². The summed E-state index contributed by atoms with van der Waals surface area (Å²) in [5, 5.41) is 70.7. The van der Waals surface area contributed by atoms with Gasteiger partial charge in [-0.3, -0.25) is 4.79 Å². The van der Waals surface area contributed by atoms with Crippen LogP contribution in [-0.4, -0.2) is 116 Å². The smallest absolute Gasteiger partial charge is 0.217 e. The highest BCUT2D eigenvalue weighted by molar-refractivity contribution is 5.73. The normalized spacial score (nSPS) is 46.8. The summed E-state index contributed by atoms with van der Waals surface area (Å²) in [6.07, 6.45) is -13.7. The molecule has 26 heavy (non-hydrogen) atoms. The van der Waals surface area contributed by atoms with Crippen molar-refractivity contribution in [2.45, 2.75) is 68.3 Å². The van der Waals surface area contributed by atoms with E-state index in [4.69, 9.17) is 14.2 Å². The summed E-state index contributed by atoms with van der Waals surface area (Å²) in [6.45, 7) is -0.195. The standard InChI is InChI=1S/C14H25NO11/c1-4(18)15-7-12(9(20)6(3-17)24-13(7)23)26-14-11(22)10(21)8(19)5(2-16)25-14/h5-14,16-17,19-23H,2-3H2,1H3,(H,15,18)/t5-,6-,7-,8-,9+,10+,11-,12-,13-,14-/m1/s1. The molecular weight excluding hydrogens is 358 g/mol. The summed E-state index contributed by atoms with van der Waals surface area (Å²) < 4.78 is 15.7. The molecule has 2 fully saturated rings. The largest absolute Gasteiger partial charge is 0.394 e. The number of hydrogen-bond donors (Lipinski definition) is 8. The van der Waals surface area contributed by atoms with Crippen LogP contribution in [0.3, 0.4) is 0 Å². The maximum atomic E-state index is 11.4. The molecule has 2 rings (SSSR count). The van der Waals surface area contributed by atoms with Crippen molar-refractivity contribution in [3.8, 4) is 0 Å². The van der Waals surface area contributed by atoms with E-state index < -0.39 is 80.5 Å². The van der Waals surface area contributed by atoms with Gasteiger partial charge in [-0.15, -0.1) is 0 Å². The number of aliphatic hydroxyl groups is 7. The van der Waals surface area contributed by atoms with Gasteiger partial charge in [0, 0.05) is 6.92 Å². The van der Waals surface area contributed by atoms with Crippen molar-refractivity contribution in [1.29, 1.82) is 0 Å². The molecule has 0 aromatic heterocycles. The lowest BCUT2D eigenvalue weighted by molar-refractivity contribution is -0.341. The Morgan fingerprint density at radius 1 is 0.923 bits per heavy atom. The highest BCUT2D eigenvalue weighted by Crippen LogP contribution is 2.28. The third-order valence-corrected chi connectivity index (χ3v) is 4.38. The van der Waals surface area contributed by atoms with E-state index in [1.54, 1.807) is 0 Å². The Balaban J connectivity index is 2.21. The second-order valence-electron chi connectivity index (χ2n) is 6.26. The van der Waals surface area contributed by atoms with Crippen LogP contribution in [0.4, 0.5) is 0 Å². The molecule has 2 aliphatic rings. The molecule has 2 aliphatic heterocycles. The van der Waals surface area contributed by atoms with Gasteiger partial charge >= 0.3 is 0 Å². The molecule has 0 aliphatic carbocycles. The van der Waals surface area contributed by atoms with Crippen LogP contribution in [0.2, 0.25) is 0 Å². The summed E-state index contributed by atoms with van der Waals surface area (Å²) >= 11 is 0. The minimum atomic E-state index is -1.74. The average molecular weight is 383 g/mol. The quantitative estimate of drug-likeness (QED) is 0.226. The predicted molar refractivity (Wildman–Crippen MR) is 80.2 cm³/mol. The van der Waals surface area contributed by atoms with Gasteiger partial charge < -0.3 is 55.3 Å². The molecule has 0 aromatic carbocycles. The first-order valence-electron chi connectivity index (χ1n) is 8.06. The highest BCUT2D eigenvalue weighted by Gasteiger charge is 2.50. The fourth-order valence-corrected chi connectivity index (χ4v) is 2.97. The Morgan fingerprint density at radius 2 is 1.50 bits per heavy atom. The van der Waals surface area contributed by atoms with Crippen molar-refractivity contribution in [2.75, 3.05) is 13.2 Å². The van der Waals surface area contributed by atoms with Gasteiger partial charge in [0.05, 0.1) is 13.2 Å². The van der Waals surface area contributed by atoms with Crippen molar-refractivity contribution < 1.29 is 54.8 Å². The van der Waals surface area contributed by atoms with Crippen LogP contribution < -0.4 is 5.32 Å². The van der Waals surface area contributed by atoms with Crippen molar-refractivity contribution in [2.24, 2.45) is 0 Å². The third kappa shape index (κ3) is 4.31. The maximum absolute atomic E-state index is 11.4. The van der Waals surface area contributed by atoms with Gasteiger partial charge in [-0.2, -0.15) is 0 Å². The zero-order valence-electron chi connectivity index (χ0n) is 14.0. The summed E-state index contributed by atoms with van der Waals surface area (Å²) in [5.74, 6) is -0.574. The number of nitrogens with one attached hydrogen (secondary N) is 1. The monoisotopic (exact) mass is 383 g/mol. The molecule has 10 atom stereocenters. The maximum Gasteiger partial charge on any atom is 0.217 e. The Labute approximate surface area is 148 Å². The molecule has 0 unspecified atom stereocenters. The summed E-state index contributed by atoms with van der Waals surface area (Å²) in [5.41, 5.74) is 0. The molecule has 0 saturated carbocycles. The lowest BCUT2D eigenvalue weighted by Crippen LogP contribution is -2.67. The van der Waals surface area contributed by atoms with Gasteiger partial charge in [-0.25, -0.2) is 0 Å². The summed E-state index contributed by atoms with van der Waals surface area (Å²) in [7, 11) is 0. The highest BCUT2D eigenvalue weighted by atomic mass is 16.7. The topological polar surface area (TPSA) is 198 Å². The lowest BCUT2D eigenvalue weighted by atomic mass is 9.95. The van der Waals surface area contributed by atoms with E-state index >= 15 is 0 Å². The molecule has 1 amide bonds. The van der Waals surface area contributed by atoms with Gasteiger partial charge in [0.1, 0.15) is 48.8 Å². The number of ether oxygens (including phenoxy) is 3. The van der Waals surface area contributed by atoms with Crippen molar-refractivity contribution in [3.63, 3.8) is 0 Å². The number of carbonyl (C=O) groups excluding carboxylic acids is 1. The number of aliphatic hydroxyl groups excluding tert-OH is 7. The SMILES string of the molecule is CC(=O)N[C@@H]1[C@@H](O[C@H]2O[C@H](CO)[C@@H](O)[C@H](O)[C@H]2O)[C@@H](O)[C@@H](CO)O[C@H]1O. The van der Waals surface area contributed by atoms with Crippen LogP contribution >= 0.6 is 0 Å². The van der Waals surface area contributed by atoms with E-state index in [1.165, 1.54) is 0 Å².